The topological polar surface area (TPSA) is 204 Å². The van der Waals surface area contributed by atoms with Gasteiger partial charge in [0.1, 0.15) is 0 Å². The third-order valence-electron chi connectivity index (χ3n) is 2.97. The van der Waals surface area contributed by atoms with E-state index in [4.69, 9.17) is 39.8 Å². The predicted molar refractivity (Wildman–Crippen MR) is 110 cm³/mol. The van der Waals surface area contributed by atoms with Gasteiger partial charge in [0.15, 0.2) is 5.96 Å². The number of rotatable bonds is 14. The van der Waals surface area contributed by atoms with Gasteiger partial charge in [-0.15, -0.1) is 0 Å². The van der Waals surface area contributed by atoms with Crippen LogP contribution in [0.3, 0.4) is 0 Å². The third-order valence-corrected chi connectivity index (χ3v) is 2.97. The molecule has 0 saturated heterocycles. The molecule has 15 N–H and O–H groups in total. The minimum Gasteiger partial charge on any atom is -0.370 e. The van der Waals surface area contributed by atoms with Crippen LogP contribution in [-0.4, -0.2) is 58.3 Å². The molecule has 0 unspecified atom stereocenters. The van der Waals surface area contributed by atoms with Crippen LogP contribution in [-0.2, 0) is 0 Å². The zero-order valence-electron chi connectivity index (χ0n) is 16.1. The summed E-state index contributed by atoms with van der Waals surface area (Å²) >= 11 is 0. The average molecular weight is 364 g/mol. The van der Waals surface area contributed by atoms with E-state index >= 15 is 0 Å². The maximum Gasteiger partial charge on any atom is 0.185 e. The molecule has 0 heterocycles. The number of hydrogen-bond donors (Lipinski definition) is 9. The highest BCUT2D eigenvalue weighted by Gasteiger charge is 1.86. The first-order chi connectivity index (χ1) is 12.1. The minimum absolute atomic E-state index is 0.0343. The van der Waals surface area contributed by atoms with Gasteiger partial charge in [-0.3, -0.25) is 5.41 Å². The number of guanidine groups is 1. The summed E-state index contributed by atoms with van der Waals surface area (Å²) in [7, 11) is 0. The van der Waals surface area contributed by atoms with Gasteiger partial charge < -0.3 is 45.0 Å². The molecule has 0 atom stereocenters. The molecule has 0 saturated carbocycles. The van der Waals surface area contributed by atoms with Gasteiger partial charge in [0.25, 0.3) is 0 Å². The van der Waals surface area contributed by atoms with Crippen LogP contribution >= 0.6 is 0 Å². The Morgan fingerprint density at radius 1 is 0.560 bits per heavy atom. The van der Waals surface area contributed by atoms with Crippen molar-refractivity contribution in [1.82, 2.24) is 10.6 Å². The van der Waals surface area contributed by atoms with Crippen LogP contribution in [0.5, 0.6) is 0 Å². The summed E-state index contributed by atoms with van der Waals surface area (Å²) in [6, 6.07) is 0. The lowest BCUT2D eigenvalue weighted by Gasteiger charge is -2.01. The van der Waals surface area contributed by atoms with Gasteiger partial charge in [-0.2, -0.15) is 0 Å². The summed E-state index contributed by atoms with van der Waals surface area (Å²) in [6.07, 6.45) is 7.47. The summed E-state index contributed by atoms with van der Waals surface area (Å²) in [5, 5.41) is 12.7. The van der Waals surface area contributed by atoms with Crippen LogP contribution in [0.25, 0.3) is 0 Å². The second kappa shape index (κ2) is 30.9. The monoisotopic (exact) mass is 363 g/mol. The van der Waals surface area contributed by atoms with Gasteiger partial charge >= 0.3 is 0 Å². The summed E-state index contributed by atoms with van der Waals surface area (Å²) in [5.41, 5.74) is 31.2. The van der Waals surface area contributed by atoms with Crippen LogP contribution in [0.15, 0.2) is 0 Å². The van der Waals surface area contributed by atoms with E-state index in [1.54, 1.807) is 0 Å². The highest BCUT2D eigenvalue weighted by Crippen LogP contribution is 1.82. The van der Waals surface area contributed by atoms with Crippen LogP contribution in [0, 0.1) is 5.41 Å². The Balaban J connectivity index is -0.000000300. The van der Waals surface area contributed by atoms with Crippen molar-refractivity contribution in [2.24, 2.45) is 34.4 Å². The zero-order chi connectivity index (χ0) is 19.6. The quantitative estimate of drug-likeness (QED) is 0.101. The smallest absolute Gasteiger partial charge is 0.185 e. The first-order valence-corrected chi connectivity index (χ1v) is 9.39. The van der Waals surface area contributed by atoms with E-state index in [2.05, 4.69) is 10.6 Å². The number of hydrogen-bond acceptors (Lipinski definition) is 7. The van der Waals surface area contributed by atoms with Crippen molar-refractivity contribution in [3.05, 3.63) is 0 Å². The molecule has 0 bridgehead atoms. The predicted octanol–water partition coefficient (Wildman–Crippen LogP) is -1.44. The zero-order valence-corrected chi connectivity index (χ0v) is 16.1. The maximum absolute atomic E-state index is 6.77. The number of unbranched alkanes of at least 4 members (excludes halogenated alkanes) is 3. The Hall–Kier alpha value is -0.970. The van der Waals surface area contributed by atoms with Gasteiger partial charge in [0.05, 0.1) is 0 Å². The molecular weight excluding hydrogens is 318 g/mol. The highest BCUT2D eigenvalue weighted by atomic mass is 15.0. The molecule has 0 aliphatic rings. The fourth-order valence-corrected chi connectivity index (χ4v) is 1.53. The molecule has 0 radical (unpaired) electrons. The Kier molecular flexibility index (Phi) is 35.6. The van der Waals surface area contributed by atoms with Crippen LogP contribution < -0.4 is 45.0 Å². The summed E-state index contributed by atoms with van der Waals surface area (Å²) in [6.45, 7) is 6.72. The molecule has 9 heteroatoms. The molecular formula is C16H45N9. The molecule has 0 amide bonds. The molecule has 0 aromatic carbocycles. The third kappa shape index (κ3) is 45.1. The van der Waals surface area contributed by atoms with Crippen molar-refractivity contribution in [3.63, 3.8) is 0 Å². The summed E-state index contributed by atoms with van der Waals surface area (Å²) < 4.78 is 0. The van der Waals surface area contributed by atoms with Crippen molar-refractivity contribution in [3.8, 4) is 0 Å². The van der Waals surface area contributed by atoms with E-state index in [1.165, 1.54) is 6.42 Å². The molecule has 0 rings (SSSR count). The maximum atomic E-state index is 6.77. The molecule has 0 aromatic heterocycles. The van der Waals surface area contributed by atoms with E-state index in [1.807, 2.05) is 0 Å². The Bertz CT molecular complexity index is 216. The molecule has 0 fully saturated rings. The molecule has 25 heavy (non-hydrogen) atoms. The van der Waals surface area contributed by atoms with Crippen LogP contribution in [0.2, 0.25) is 0 Å². The average Bonchev–Trinajstić information content (AvgIpc) is 2.61. The molecule has 9 nitrogen and oxygen atoms in total. The van der Waals surface area contributed by atoms with Gasteiger partial charge in [0, 0.05) is 6.54 Å². The second-order valence-electron chi connectivity index (χ2n) is 5.51. The highest BCUT2D eigenvalue weighted by molar-refractivity contribution is 5.74. The lowest BCUT2D eigenvalue weighted by molar-refractivity contribution is 0.611. The van der Waals surface area contributed by atoms with Gasteiger partial charge in [0.2, 0.25) is 0 Å². The molecule has 154 valence electrons. The number of nitrogens with one attached hydrogen (secondary N) is 3. The summed E-state index contributed by atoms with van der Waals surface area (Å²) in [4.78, 5) is 0. The van der Waals surface area contributed by atoms with Crippen molar-refractivity contribution < 1.29 is 0 Å². The first kappa shape index (κ1) is 28.8. The van der Waals surface area contributed by atoms with Gasteiger partial charge in [-0.05, 0) is 90.8 Å². The Labute approximate surface area is 154 Å². The van der Waals surface area contributed by atoms with Crippen LogP contribution in [0.4, 0.5) is 0 Å². The SMILES string of the molecule is N=C(N)NCCCCN.NCCCCN.NCCCCNCCCN. The minimum atomic E-state index is 0.0343. The van der Waals surface area contributed by atoms with E-state index in [0.29, 0.717) is 6.54 Å². The van der Waals surface area contributed by atoms with E-state index < -0.39 is 0 Å². The van der Waals surface area contributed by atoms with Crippen molar-refractivity contribution in [1.29, 1.82) is 5.41 Å². The Morgan fingerprint density at radius 2 is 0.920 bits per heavy atom. The van der Waals surface area contributed by atoms with Crippen molar-refractivity contribution >= 4 is 5.96 Å². The molecule has 0 aromatic rings. The second-order valence-corrected chi connectivity index (χ2v) is 5.51. The van der Waals surface area contributed by atoms with E-state index in [-0.39, 0.29) is 5.96 Å². The van der Waals surface area contributed by atoms with Crippen molar-refractivity contribution in [2.45, 2.75) is 44.9 Å². The Morgan fingerprint density at radius 3 is 1.32 bits per heavy atom. The standard InChI is InChI=1S/C7H19N3.C5H14N4.C4H12N2/c8-4-1-2-6-10-7-3-5-9;6-3-1-2-4-9-5(7)8;5-3-1-2-4-6/h10H,1-9H2;1-4,6H2,(H4,7,8,9);1-6H2. The normalized spacial score (nSPS) is 9.48. The van der Waals surface area contributed by atoms with E-state index in [9.17, 15) is 0 Å². The van der Waals surface area contributed by atoms with Gasteiger partial charge in [-0.25, -0.2) is 0 Å². The van der Waals surface area contributed by atoms with Crippen molar-refractivity contribution in [2.75, 3.05) is 52.4 Å². The lowest BCUT2D eigenvalue weighted by Crippen LogP contribution is -2.31. The van der Waals surface area contributed by atoms with E-state index in [0.717, 1.165) is 84.3 Å². The molecule has 0 aliphatic carbocycles. The lowest BCUT2D eigenvalue weighted by atomic mass is 10.3. The number of nitrogens with two attached hydrogens (primary N) is 6. The fraction of sp³-hybridized carbons (Fsp3) is 0.938. The molecule has 0 aliphatic heterocycles. The van der Waals surface area contributed by atoms with Gasteiger partial charge in [-0.1, -0.05) is 0 Å². The largest absolute Gasteiger partial charge is 0.370 e. The van der Waals surface area contributed by atoms with Crippen LogP contribution in [0.1, 0.15) is 44.9 Å². The molecule has 0 spiro atoms. The first-order valence-electron chi connectivity index (χ1n) is 9.39. The fourth-order valence-electron chi connectivity index (χ4n) is 1.53. The summed E-state index contributed by atoms with van der Waals surface area (Å²) in [5.74, 6) is 0.0343.